The van der Waals surface area contributed by atoms with E-state index in [0.29, 0.717) is 22.0 Å². The van der Waals surface area contributed by atoms with Crippen LogP contribution in [0.5, 0.6) is 0 Å². The van der Waals surface area contributed by atoms with Crippen LogP contribution in [0.1, 0.15) is 12.8 Å². The number of rotatable bonds is 4. The highest BCUT2D eigenvalue weighted by Crippen LogP contribution is 2.34. The Morgan fingerprint density at radius 2 is 2.41 bits per heavy atom. The third kappa shape index (κ3) is 3.42. The average Bonchev–Trinajstić information content (AvgIpc) is 2.87. The van der Waals surface area contributed by atoms with Crippen molar-refractivity contribution in [2.75, 3.05) is 13.2 Å². The molecule has 1 aromatic rings. The molecular weight excluding hydrogens is 350 g/mol. The highest BCUT2D eigenvalue weighted by atomic mass is 79.9. The SMILES string of the molecule is O=S(=O)(NCC1CCCO1)c1cc(Cl)c(Br)s1. The van der Waals surface area contributed by atoms with Gasteiger partial charge in [0.05, 0.1) is 14.9 Å². The fourth-order valence-corrected chi connectivity index (χ4v) is 5.05. The van der Waals surface area contributed by atoms with E-state index in [9.17, 15) is 8.42 Å². The Balaban J connectivity index is 2.03. The molecule has 1 aliphatic rings. The number of halogens is 2. The van der Waals surface area contributed by atoms with Gasteiger partial charge in [0.2, 0.25) is 10.0 Å². The summed E-state index contributed by atoms with van der Waals surface area (Å²) in [5.74, 6) is 0. The summed E-state index contributed by atoms with van der Waals surface area (Å²) in [6, 6.07) is 1.44. The van der Waals surface area contributed by atoms with Crippen LogP contribution >= 0.6 is 38.9 Å². The minimum atomic E-state index is -3.48. The van der Waals surface area contributed by atoms with Gasteiger partial charge in [0.15, 0.2) is 0 Å². The molecule has 8 heteroatoms. The van der Waals surface area contributed by atoms with Crippen molar-refractivity contribution in [1.29, 1.82) is 0 Å². The van der Waals surface area contributed by atoms with Gasteiger partial charge in [-0.15, -0.1) is 11.3 Å². The van der Waals surface area contributed by atoms with Gasteiger partial charge in [0, 0.05) is 13.2 Å². The van der Waals surface area contributed by atoms with E-state index < -0.39 is 10.0 Å². The van der Waals surface area contributed by atoms with Crippen molar-refractivity contribution in [2.45, 2.75) is 23.2 Å². The first-order valence-corrected chi connectivity index (χ1v) is 8.52. The normalized spacial score (nSPS) is 20.9. The van der Waals surface area contributed by atoms with Gasteiger partial charge in [-0.1, -0.05) is 11.6 Å². The highest BCUT2D eigenvalue weighted by molar-refractivity contribution is 9.11. The van der Waals surface area contributed by atoms with E-state index in [4.69, 9.17) is 16.3 Å². The fourth-order valence-electron chi connectivity index (χ4n) is 1.54. The lowest BCUT2D eigenvalue weighted by Crippen LogP contribution is -2.31. The van der Waals surface area contributed by atoms with Crippen LogP contribution < -0.4 is 4.72 Å². The number of sulfonamides is 1. The number of thiophene rings is 1. The Kier molecular flexibility index (Phi) is 4.49. The van der Waals surface area contributed by atoms with E-state index >= 15 is 0 Å². The summed E-state index contributed by atoms with van der Waals surface area (Å²) in [5, 5.41) is 0.410. The molecule has 1 fully saturated rings. The molecule has 17 heavy (non-hydrogen) atoms. The molecular formula is C9H11BrClNO3S2. The van der Waals surface area contributed by atoms with Gasteiger partial charge in [-0.2, -0.15) is 0 Å². The Morgan fingerprint density at radius 1 is 1.65 bits per heavy atom. The summed E-state index contributed by atoms with van der Waals surface area (Å²) in [6.07, 6.45) is 1.88. The van der Waals surface area contributed by atoms with Gasteiger partial charge in [-0.25, -0.2) is 13.1 Å². The lowest BCUT2D eigenvalue weighted by atomic mass is 10.2. The molecule has 0 spiro atoms. The van der Waals surface area contributed by atoms with Crippen molar-refractivity contribution < 1.29 is 13.2 Å². The second kappa shape index (κ2) is 5.54. The van der Waals surface area contributed by atoms with E-state index in [-0.39, 0.29) is 10.3 Å². The molecule has 0 aromatic carbocycles. The van der Waals surface area contributed by atoms with Crippen LogP contribution in [0, 0.1) is 0 Å². The number of hydrogen-bond donors (Lipinski definition) is 1. The van der Waals surface area contributed by atoms with Crippen molar-refractivity contribution in [3.05, 3.63) is 14.9 Å². The van der Waals surface area contributed by atoms with Crippen LogP contribution in [0.15, 0.2) is 14.1 Å². The maximum Gasteiger partial charge on any atom is 0.250 e. The van der Waals surface area contributed by atoms with Crippen LogP contribution in [-0.2, 0) is 14.8 Å². The minimum Gasteiger partial charge on any atom is -0.377 e. The molecule has 0 aliphatic carbocycles. The molecule has 0 bridgehead atoms. The monoisotopic (exact) mass is 359 g/mol. The predicted molar refractivity (Wildman–Crippen MR) is 71.2 cm³/mol. The second-order valence-electron chi connectivity index (χ2n) is 3.67. The molecule has 1 aliphatic heterocycles. The molecule has 1 aromatic heterocycles. The molecule has 96 valence electrons. The number of hydrogen-bond acceptors (Lipinski definition) is 4. The fraction of sp³-hybridized carbons (Fsp3) is 0.556. The first-order valence-electron chi connectivity index (χ1n) is 5.05. The largest absolute Gasteiger partial charge is 0.377 e. The number of nitrogens with one attached hydrogen (secondary N) is 1. The molecule has 0 amide bonds. The van der Waals surface area contributed by atoms with Crippen LogP contribution in [0.3, 0.4) is 0 Å². The summed E-state index contributed by atoms with van der Waals surface area (Å²) in [6.45, 7) is 1.03. The minimum absolute atomic E-state index is 0.0105. The molecule has 0 radical (unpaired) electrons. The van der Waals surface area contributed by atoms with Crippen molar-refractivity contribution in [3.63, 3.8) is 0 Å². The van der Waals surface area contributed by atoms with Crippen molar-refractivity contribution in [2.24, 2.45) is 0 Å². The van der Waals surface area contributed by atoms with E-state index in [1.54, 1.807) is 0 Å². The Hall–Kier alpha value is 0.340. The Morgan fingerprint density at radius 3 is 2.94 bits per heavy atom. The first-order chi connectivity index (χ1) is 7.99. The quantitative estimate of drug-likeness (QED) is 0.898. The van der Waals surface area contributed by atoms with Gasteiger partial charge >= 0.3 is 0 Å². The van der Waals surface area contributed by atoms with Crippen LogP contribution in [0.4, 0.5) is 0 Å². The van der Waals surface area contributed by atoms with Gasteiger partial charge in [0.1, 0.15) is 4.21 Å². The molecule has 1 atom stereocenters. The lowest BCUT2D eigenvalue weighted by molar-refractivity contribution is 0.114. The maximum absolute atomic E-state index is 11.9. The molecule has 1 N–H and O–H groups in total. The van der Waals surface area contributed by atoms with E-state index in [2.05, 4.69) is 20.7 Å². The molecule has 1 saturated heterocycles. The highest BCUT2D eigenvalue weighted by Gasteiger charge is 2.22. The van der Waals surface area contributed by atoms with E-state index in [1.165, 1.54) is 6.07 Å². The van der Waals surface area contributed by atoms with Gasteiger partial charge in [0.25, 0.3) is 0 Å². The third-order valence-corrected chi connectivity index (χ3v) is 6.78. The summed E-state index contributed by atoms with van der Waals surface area (Å²) in [7, 11) is -3.48. The van der Waals surface area contributed by atoms with Crippen molar-refractivity contribution in [1.82, 2.24) is 4.72 Å². The van der Waals surface area contributed by atoms with E-state index in [1.807, 2.05) is 0 Å². The topological polar surface area (TPSA) is 55.4 Å². The zero-order chi connectivity index (χ0) is 12.5. The van der Waals surface area contributed by atoms with Gasteiger partial charge in [-0.05, 0) is 34.8 Å². The van der Waals surface area contributed by atoms with Gasteiger partial charge in [-0.3, -0.25) is 0 Å². The standard InChI is InChI=1S/C9H11BrClNO3S2/c10-9-7(11)4-8(16-9)17(13,14)12-5-6-2-1-3-15-6/h4,6,12H,1-3,5H2. The molecule has 2 heterocycles. The van der Waals surface area contributed by atoms with Crippen molar-refractivity contribution in [3.8, 4) is 0 Å². The Bertz CT molecular complexity index is 477. The average molecular weight is 361 g/mol. The van der Waals surface area contributed by atoms with Crippen LogP contribution in [0.2, 0.25) is 5.02 Å². The zero-order valence-corrected chi connectivity index (χ0v) is 12.8. The molecule has 4 nitrogen and oxygen atoms in total. The summed E-state index contributed by atoms with van der Waals surface area (Å²) in [4.78, 5) is 0. The third-order valence-electron chi connectivity index (χ3n) is 2.41. The number of ether oxygens (including phenoxy) is 1. The molecule has 1 unspecified atom stereocenters. The van der Waals surface area contributed by atoms with Crippen LogP contribution in [-0.4, -0.2) is 27.7 Å². The summed E-state index contributed by atoms with van der Waals surface area (Å²) < 4.78 is 32.6. The van der Waals surface area contributed by atoms with Crippen molar-refractivity contribution >= 4 is 48.9 Å². The zero-order valence-electron chi connectivity index (χ0n) is 8.78. The Labute approximate surface area is 117 Å². The smallest absolute Gasteiger partial charge is 0.250 e. The first kappa shape index (κ1) is 13.8. The maximum atomic E-state index is 11.9. The van der Waals surface area contributed by atoms with Gasteiger partial charge < -0.3 is 4.74 Å². The predicted octanol–water partition coefficient (Wildman–Crippen LogP) is 2.62. The summed E-state index contributed by atoms with van der Waals surface area (Å²) >= 11 is 10.1. The molecule has 2 rings (SSSR count). The summed E-state index contributed by atoms with van der Waals surface area (Å²) in [5.41, 5.74) is 0. The molecule has 0 saturated carbocycles. The van der Waals surface area contributed by atoms with E-state index in [0.717, 1.165) is 24.2 Å². The lowest BCUT2D eigenvalue weighted by Gasteiger charge is -2.10. The van der Waals surface area contributed by atoms with Crippen LogP contribution in [0.25, 0.3) is 0 Å². The second-order valence-corrected chi connectivity index (χ2v) is 8.45.